The lowest BCUT2D eigenvalue weighted by Crippen LogP contribution is -2.30. The Morgan fingerprint density at radius 3 is 1.88 bits per heavy atom. The predicted octanol–water partition coefficient (Wildman–Crippen LogP) is 2.50. The number of carbonyl (C=O) groups excluding carboxylic acids is 2. The minimum absolute atomic E-state index is 0.279. The van der Waals surface area contributed by atoms with Gasteiger partial charge < -0.3 is 0 Å². The molecule has 16 heavy (non-hydrogen) atoms. The van der Waals surface area contributed by atoms with E-state index in [0.29, 0.717) is 5.69 Å². The average molecular weight is 280 g/mol. The highest BCUT2D eigenvalue weighted by Gasteiger charge is 2.27. The number of nitrogens with zero attached hydrogens (tertiary/aromatic N) is 1. The molecule has 2 rings (SSSR count). The van der Waals surface area contributed by atoms with Crippen LogP contribution < -0.4 is 4.90 Å². The molecule has 1 aromatic rings. The summed E-state index contributed by atoms with van der Waals surface area (Å²) in [4.78, 5) is 24.4. The van der Waals surface area contributed by atoms with Crippen LogP contribution >= 0.6 is 15.9 Å². The fourth-order valence-electron chi connectivity index (χ4n) is 1.88. The summed E-state index contributed by atoms with van der Waals surface area (Å²) in [6, 6.07) is 3.78. The molecule has 1 heterocycles. The molecule has 0 bridgehead atoms. The third kappa shape index (κ3) is 1.69. The number of aryl methyl sites for hydroxylation is 2. The van der Waals surface area contributed by atoms with Crippen LogP contribution in [-0.4, -0.2) is 11.8 Å². The molecule has 0 saturated heterocycles. The van der Waals surface area contributed by atoms with Gasteiger partial charge in [-0.2, -0.15) is 0 Å². The SMILES string of the molecule is Cc1cc(Br)cc(C)c1N1C(=O)C=CC1=O. The Balaban J connectivity index is 2.57. The summed E-state index contributed by atoms with van der Waals surface area (Å²) in [5.41, 5.74) is 2.48. The molecule has 3 nitrogen and oxygen atoms in total. The minimum Gasteiger partial charge on any atom is -0.269 e. The lowest BCUT2D eigenvalue weighted by Gasteiger charge is -2.19. The second-order valence-corrected chi connectivity index (χ2v) is 4.65. The van der Waals surface area contributed by atoms with Gasteiger partial charge in [-0.1, -0.05) is 15.9 Å². The summed E-state index contributed by atoms with van der Waals surface area (Å²) in [7, 11) is 0. The molecule has 0 fully saturated rings. The molecule has 82 valence electrons. The van der Waals surface area contributed by atoms with E-state index in [1.165, 1.54) is 17.1 Å². The number of halogens is 1. The van der Waals surface area contributed by atoms with Gasteiger partial charge in [0, 0.05) is 16.6 Å². The van der Waals surface area contributed by atoms with E-state index in [-0.39, 0.29) is 11.8 Å². The van der Waals surface area contributed by atoms with Crippen molar-refractivity contribution in [3.63, 3.8) is 0 Å². The number of benzene rings is 1. The van der Waals surface area contributed by atoms with Gasteiger partial charge in [0.1, 0.15) is 0 Å². The van der Waals surface area contributed by atoms with Gasteiger partial charge in [0.2, 0.25) is 0 Å². The van der Waals surface area contributed by atoms with Crippen LogP contribution in [0.4, 0.5) is 5.69 Å². The number of carbonyl (C=O) groups is 2. The summed E-state index contributed by atoms with van der Waals surface area (Å²) >= 11 is 3.38. The summed E-state index contributed by atoms with van der Waals surface area (Å²) < 4.78 is 0.943. The number of amides is 2. The summed E-state index contributed by atoms with van der Waals surface area (Å²) in [5.74, 6) is -0.558. The summed E-state index contributed by atoms with van der Waals surface area (Å²) in [6.45, 7) is 3.76. The first-order chi connectivity index (χ1) is 7.50. The van der Waals surface area contributed by atoms with Gasteiger partial charge in [0.15, 0.2) is 0 Å². The fraction of sp³-hybridized carbons (Fsp3) is 0.167. The van der Waals surface area contributed by atoms with E-state index in [1.807, 2.05) is 26.0 Å². The molecule has 4 heteroatoms. The van der Waals surface area contributed by atoms with Crippen molar-refractivity contribution in [2.24, 2.45) is 0 Å². The Labute approximate surface area is 102 Å². The highest BCUT2D eigenvalue weighted by molar-refractivity contribution is 9.10. The van der Waals surface area contributed by atoms with Crippen LogP contribution in [0, 0.1) is 13.8 Å². The van der Waals surface area contributed by atoms with Crippen molar-refractivity contribution in [2.75, 3.05) is 4.90 Å². The van der Waals surface area contributed by atoms with Crippen LogP contribution in [0.5, 0.6) is 0 Å². The van der Waals surface area contributed by atoms with E-state index in [4.69, 9.17) is 0 Å². The van der Waals surface area contributed by atoms with Crippen LogP contribution in [0.3, 0.4) is 0 Å². The zero-order valence-corrected chi connectivity index (χ0v) is 10.5. The van der Waals surface area contributed by atoms with Crippen molar-refractivity contribution in [1.29, 1.82) is 0 Å². The molecule has 1 aromatic carbocycles. The summed E-state index contributed by atoms with van der Waals surface area (Å²) in [6.07, 6.45) is 2.59. The molecule has 2 amide bonds. The molecule has 0 N–H and O–H groups in total. The normalized spacial score (nSPS) is 15.1. The van der Waals surface area contributed by atoms with Crippen LogP contribution in [0.15, 0.2) is 28.8 Å². The van der Waals surface area contributed by atoms with E-state index < -0.39 is 0 Å². The maximum absolute atomic E-state index is 11.6. The smallest absolute Gasteiger partial charge is 0.258 e. The molecular weight excluding hydrogens is 270 g/mol. The van der Waals surface area contributed by atoms with Crippen LogP contribution in [-0.2, 0) is 9.59 Å². The largest absolute Gasteiger partial charge is 0.269 e. The first-order valence-corrected chi connectivity index (χ1v) is 5.63. The quantitative estimate of drug-likeness (QED) is 0.741. The van der Waals surface area contributed by atoms with Crippen molar-refractivity contribution in [3.05, 3.63) is 39.9 Å². The van der Waals surface area contributed by atoms with Crippen molar-refractivity contribution < 1.29 is 9.59 Å². The van der Waals surface area contributed by atoms with Crippen molar-refractivity contribution in [3.8, 4) is 0 Å². The topological polar surface area (TPSA) is 37.4 Å². The third-order valence-electron chi connectivity index (χ3n) is 2.49. The molecule has 0 saturated carbocycles. The van der Waals surface area contributed by atoms with Crippen LogP contribution in [0.2, 0.25) is 0 Å². The van der Waals surface area contributed by atoms with Gasteiger partial charge in [-0.25, -0.2) is 4.90 Å². The second kappa shape index (κ2) is 3.87. The Bertz CT molecular complexity index is 479. The highest BCUT2D eigenvalue weighted by Crippen LogP contribution is 2.30. The Morgan fingerprint density at radius 2 is 1.44 bits per heavy atom. The maximum Gasteiger partial charge on any atom is 0.258 e. The predicted molar refractivity (Wildman–Crippen MR) is 65.2 cm³/mol. The highest BCUT2D eigenvalue weighted by atomic mass is 79.9. The van der Waals surface area contributed by atoms with Crippen molar-refractivity contribution in [2.45, 2.75) is 13.8 Å². The molecule has 0 unspecified atom stereocenters. The number of hydrogen-bond acceptors (Lipinski definition) is 2. The number of hydrogen-bond donors (Lipinski definition) is 0. The van der Waals surface area contributed by atoms with Crippen molar-refractivity contribution in [1.82, 2.24) is 0 Å². The monoisotopic (exact) mass is 279 g/mol. The molecule has 0 spiro atoms. The fourth-order valence-corrected chi connectivity index (χ4v) is 2.56. The van der Waals surface area contributed by atoms with Crippen LogP contribution in [0.1, 0.15) is 11.1 Å². The summed E-state index contributed by atoms with van der Waals surface area (Å²) in [5, 5.41) is 0. The number of imide groups is 1. The first-order valence-electron chi connectivity index (χ1n) is 4.83. The third-order valence-corrected chi connectivity index (χ3v) is 2.95. The molecule has 0 aliphatic carbocycles. The van der Waals surface area contributed by atoms with E-state index in [2.05, 4.69) is 15.9 Å². The molecule has 0 atom stereocenters. The van der Waals surface area contributed by atoms with E-state index in [0.717, 1.165) is 15.6 Å². The van der Waals surface area contributed by atoms with Gasteiger partial charge in [0.05, 0.1) is 5.69 Å². The van der Waals surface area contributed by atoms with Gasteiger partial charge in [-0.3, -0.25) is 9.59 Å². The molecule has 0 radical (unpaired) electrons. The van der Waals surface area contributed by atoms with E-state index in [1.54, 1.807) is 0 Å². The molecule has 1 aliphatic heterocycles. The molecule has 0 aromatic heterocycles. The lowest BCUT2D eigenvalue weighted by atomic mass is 10.1. The lowest BCUT2D eigenvalue weighted by molar-refractivity contribution is -0.120. The average Bonchev–Trinajstić information content (AvgIpc) is 2.47. The van der Waals surface area contributed by atoms with Gasteiger partial charge in [-0.05, 0) is 37.1 Å². The standard InChI is InChI=1S/C12H10BrNO2/c1-7-5-9(13)6-8(2)12(7)14-10(15)3-4-11(14)16/h3-6H,1-2H3. The second-order valence-electron chi connectivity index (χ2n) is 3.73. The van der Waals surface area contributed by atoms with Crippen molar-refractivity contribution >= 4 is 33.4 Å². The first kappa shape index (κ1) is 11.1. The zero-order chi connectivity index (χ0) is 11.9. The van der Waals surface area contributed by atoms with E-state index in [9.17, 15) is 9.59 Å². The molecule has 1 aliphatic rings. The Hall–Kier alpha value is -1.42. The Morgan fingerprint density at radius 1 is 1.00 bits per heavy atom. The minimum atomic E-state index is -0.279. The van der Waals surface area contributed by atoms with Crippen LogP contribution in [0.25, 0.3) is 0 Å². The molecular formula is C12H10BrNO2. The van der Waals surface area contributed by atoms with E-state index >= 15 is 0 Å². The number of rotatable bonds is 1. The Kier molecular flexibility index (Phi) is 2.68. The van der Waals surface area contributed by atoms with Gasteiger partial charge >= 0.3 is 0 Å². The van der Waals surface area contributed by atoms with Gasteiger partial charge in [0.25, 0.3) is 11.8 Å². The van der Waals surface area contributed by atoms with Gasteiger partial charge in [-0.15, -0.1) is 0 Å². The zero-order valence-electron chi connectivity index (χ0n) is 8.95. The maximum atomic E-state index is 11.6. The number of anilines is 1.